The number of hydrogen-bond donors (Lipinski definition) is 1. The number of likely N-dealkylation sites (N-methyl/N-ethyl adjacent to an activating group) is 1. The lowest BCUT2D eigenvalue weighted by atomic mass is 10.3. The topological polar surface area (TPSA) is 54.7 Å². The molecule has 1 N–H and O–H groups in total. The van der Waals surface area contributed by atoms with Gasteiger partial charge in [-0.15, -0.1) is 0 Å². The first kappa shape index (κ1) is 12.4. The second-order valence-electron chi connectivity index (χ2n) is 3.99. The smallest absolute Gasteiger partial charge is 0.289 e. The number of halogens is 1. The van der Waals surface area contributed by atoms with E-state index in [1.165, 1.54) is 0 Å². The summed E-state index contributed by atoms with van der Waals surface area (Å²) in [7, 11) is 1.72. The van der Waals surface area contributed by atoms with Crippen molar-refractivity contribution in [2.75, 3.05) is 33.3 Å². The van der Waals surface area contributed by atoms with Gasteiger partial charge >= 0.3 is 0 Å². The van der Waals surface area contributed by atoms with E-state index in [4.69, 9.17) is 20.8 Å². The van der Waals surface area contributed by atoms with Gasteiger partial charge in [-0.1, -0.05) is 0 Å². The Kier molecular flexibility index (Phi) is 4.04. The number of nitrogens with one attached hydrogen (secondary N) is 1. The van der Waals surface area contributed by atoms with Gasteiger partial charge in [0.2, 0.25) is 0 Å². The highest BCUT2D eigenvalue weighted by Crippen LogP contribution is 2.14. The molecule has 0 aliphatic carbocycles. The minimum absolute atomic E-state index is 0.0307. The largest absolute Gasteiger partial charge is 0.440 e. The van der Waals surface area contributed by atoms with Crippen LogP contribution in [0.1, 0.15) is 10.6 Å². The van der Waals surface area contributed by atoms with E-state index >= 15 is 0 Å². The van der Waals surface area contributed by atoms with Gasteiger partial charge in [-0.2, -0.15) is 0 Å². The predicted molar refractivity (Wildman–Crippen MR) is 63.3 cm³/mol. The van der Waals surface area contributed by atoms with Gasteiger partial charge in [-0.25, -0.2) is 0 Å². The lowest BCUT2D eigenvalue weighted by Gasteiger charge is -2.27. The van der Waals surface area contributed by atoms with E-state index in [-0.39, 0.29) is 23.0 Å². The van der Waals surface area contributed by atoms with E-state index < -0.39 is 0 Å². The molecule has 1 unspecified atom stereocenters. The van der Waals surface area contributed by atoms with E-state index in [9.17, 15) is 4.79 Å². The van der Waals surface area contributed by atoms with E-state index in [0.717, 1.165) is 13.1 Å². The van der Waals surface area contributed by atoms with Crippen molar-refractivity contribution < 1.29 is 13.9 Å². The molecule has 94 valence electrons. The van der Waals surface area contributed by atoms with Gasteiger partial charge in [0.25, 0.3) is 5.91 Å². The van der Waals surface area contributed by atoms with Crippen molar-refractivity contribution in [3.05, 3.63) is 23.1 Å². The molecule has 1 aliphatic rings. The average molecular weight is 259 g/mol. The third-order valence-electron chi connectivity index (χ3n) is 2.61. The molecule has 6 heteroatoms. The molecular formula is C11H15ClN2O3. The Balaban J connectivity index is 1.90. The fourth-order valence-corrected chi connectivity index (χ4v) is 1.89. The van der Waals surface area contributed by atoms with Crippen LogP contribution in [0.4, 0.5) is 0 Å². The molecule has 0 spiro atoms. The lowest BCUT2D eigenvalue weighted by Crippen LogP contribution is -2.45. The van der Waals surface area contributed by atoms with Crippen LogP contribution in [-0.4, -0.2) is 50.2 Å². The van der Waals surface area contributed by atoms with Crippen molar-refractivity contribution >= 4 is 17.5 Å². The van der Waals surface area contributed by atoms with Crippen LogP contribution < -0.4 is 5.32 Å². The lowest BCUT2D eigenvalue weighted by molar-refractivity contribution is 0.00972. The number of rotatable bonds is 3. The van der Waals surface area contributed by atoms with Crippen LogP contribution in [0.2, 0.25) is 5.22 Å². The van der Waals surface area contributed by atoms with Crippen molar-refractivity contribution in [3.63, 3.8) is 0 Å². The number of carbonyl (C=O) groups is 1. The summed E-state index contributed by atoms with van der Waals surface area (Å²) in [6, 6.07) is 3.13. The highest BCUT2D eigenvalue weighted by molar-refractivity contribution is 6.29. The summed E-state index contributed by atoms with van der Waals surface area (Å²) in [5, 5.41) is 3.44. The van der Waals surface area contributed by atoms with Crippen LogP contribution in [0.3, 0.4) is 0 Å². The number of hydrogen-bond acceptors (Lipinski definition) is 4. The zero-order valence-electron chi connectivity index (χ0n) is 9.61. The first-order chi connectivity index (χ1) is 8.16. The van der Waals surface area contributed by atoms with Gasteiger partial charge < -0.3 is 19.4 Å². The Morgan fingerprint density at radius 1 is 1.65 bits per heavy atom. The zero-order chi connectivity index (χ0) is 12.3. The summed E-state index contributed by atoms with van der Waals surface area (Å²) in [4.78, 5) is 13.5. The third kappa shape index (κ3) is 3.21. The maximum Gasteiger partial charge on any atom is 0.289 e. The number of amides is 1. The summed E-state index contributed by atoms with van der Waals surface area (Å²) < 4.78 is 10.6. The molecule has 2 rings (SSSR count). The summed E-state index contributed by atoms with van der Waals surface area (Å²) in [5.74, 6) is 0.0624. The first-order valence-corrected chi connectivity index (χ1v) is 5.88. The molecule has 0 saturated carbocycles. The highest BCUT2D eigenvalue weighted by atomic mass is 35.5. The van der Waals surface area contributed by atoms with Gasteiger partial charge in [0.1, 0.15) is 0 Å². The Bertz CT molecular complexity index is 388. The average Bonchev–Trinajstić information content (AvgIpc) is 2.76. The Morgan fingerprint density at radius 3 is 3.06 bits per heavy atom. The Hall–Kier alpha value is -1.04. The Morgan fingerprint density at radius 2 is 2.47 bits per heavy atom. The normalized spacial score (nSPS) is 20.2. The molecule has 1 aliphatic heterocycles. The van der Waals surface area contributed by atoms with Crippen LogP contribution in [0.5, 0.6) is 0 Å². The third-order valence-corrected chi connectivity index (χ3v) is 2.82. The molecule has 17 heavy (non-hydrogen) atoms. The van der Waals surface area contributed by atoms with Crippen molar-refractivity contribution in [1.82, 2.24) is 10.2 Å². The number of morpholine rings is 1. The standard InChI is InChI=1S/C11H15ClN2O3/c1-14(7-8-6-13-4-5-16-8)11(15)9-2-3-10(12)17-9/h2-3,8,13H,4-7H2,1H3. The Labute approximate surface area is 105 Å². The molecule has 1 aromatic heterocycles. The molecule has 1 aromatic rings. The maximum absolute atomic E-state index is 11.9. The van der Waals surface area contributed by atoms with Crippen LogP contribution in [0, 0.1) is 0 Å². The van der Waals surface area contributed by atoms with Crippen molar-refractivity contribution in [2.24, 2.45) is 0 Å². The molecule has 0 radical (unpaired) electrons. The maximum atomic E-state index is 11.9. The second kappa shape index (κ2) is 5.53. The molecule has 0 bridgehead atoms. The SMILES string of the molecule is CN(CC1CNCCO1)C(=O)c1ccc(Cl)o1. The molecule has 1 amide bonds. The summed E-state index contributed by atoms with van der Waals surface area (Å²) in [5.41, 5.74) is 0. The molecule has 2 heterocycles. The van der Waals surface area contributed by atoms with E-state index in [0.29, 0.717) is 13.2 Å². The summed E-state index contributed by atoms with van der Waals surface area (Å²) in [6.07, 6.45) is 0.0307. The van der Waals surface area contributed by atoms with Gasteiger partial charge in [0.05, 0.1) is 12.7 Å². The van der Waals surface area contributed by atoms with Crippen LogP contribution >= 0.6 is 11.6 Å². The molecule has 1 fully saturated rings. The quantitative estimate of drug-likeness (QED) is 0.879. The molecular weight excluding hydrogens is 244 g/mol. The van der Waals surface area contributed by atoms with Crippen molar-refractivity contribution in [2.45, 2.75) is 6.10 Å². The van der Waals surface area contributed by atoms with E-state index in [2.05, 4.69) is 5.32 Å². The fraction of sp³-hybridized carbons (Fsp3) is 0.545. The number of carbonyl (C=O) groups excluding carboxylic acids is 1. The van der Waals surface area contributed by atoms with Gasteiger partial charge in [-0.05, 0) is 23.7 Å². The second-order valence-corrected chi connectivity index (χ2v) is 4.36. The van der Waals surface area contributed by atoms with E-state index in [1.807, 2.05) is 0 Å². The minimum Gasteiger partial charge on any atom is -0.440 e. The van der Waals surface area contributed by atoms with Crippen molar-refractivity contribution in [3.8, 4) is 0 Å². The fourth-order valence-electron chi connectivity index (χ4n) is 1.74. The number of nitrogens with zero attached hydrogens (tertiary/aromatic N) is 1. The summed E-state index contributed by atoms with van der Waals surface area (Å²) >= 11 is 5.63. The van der Waals surface area contributed by atoms with E-state index in [1.54, 1.807) is 24.1 Å². The zero-order valence-corrected chi connectivity index (χ0v) is 10.4. The summed E-state index contributed by atoms with van der Waals surface area (Å²) in [6.45, 7) is 2.84. The minimum atomic E-state index is -0.189. The molecule has 1 atom stereocenters. The van der Waals surface area contributed by atoms with Crippen LogP contribution in [-0.2, 0) is 4.74 Å². The molecule has 1 saturated heterocycles. The predicted octanol–water partition coefficient (Wildman–Crippen LogP) is 0.993. The molecule has 5 nitrogen and oxygen atoms in total. The van der Waals surface area contributed by atoms with Crippen LogP contribution in [0.25, 0.3) is 0 Å². The van der Waals surface area contributed by atoms with Crippen molar-refractivity contribution in [1.29, 1.82) is 0 Å². The van der Waals surface area contributed by atoms with Gasteiger partial charge in [-0.3, -0.25) is 4.79 Å². The number of furan rings is 1. The number of ether oxygens (including phenoxy) is 1. The van der Waals surface area contributed by atoms with Gasteiger partial charge in [0.15, 0.2) is 11.0 Å². The molecule has 0 aromatic carbocycles. The highest BCUT2D eigenvalue weighted by Gasteiger charge is 2.21. The first-order valence-electron chi connectivity index (χ1n) is 5.50. The monoisotopic (exact) mass is 258 g/mol. The van der Waals surface area contributed by atoms with Gasteiger partial charge in [0, 0.05) is 26.7 Å². The van der Waals surface area contributed by atoms with Crippen LogP contribution in [0.15, 0.2) is 16.5 Å².